The molecule has 1 N–H and O–H groups in total. The van der Waals surface area contributed by atoms with Crippen LogP contribution in [0.3, 0.4) is 0 Å². The van der Waals surface area contributed by atoms with Crippen molar-refractivity contribution in [2.24, 2.45) is 0 Å². The largest absolute Gasteiger partial charge is 0.423 e. The summed E-state index contributed by atoms with van der Waals surface area (Å²) in [4.78, 5) is 11.5. The molecule has 0 radical (unpaired) electrons. The Morgan fingerprint density at radius 3 is 2.62 bits per heavy atom. The molecule has 0 fully saturated rings. The average Bonchev–Trinajstić information content (AvgIpc) is 2.79. The maximum absolute atomic E-state index is 12.6. The minimum absolute atomic E-state index is 0.0316. The topological polar surface area (TPSA) is 85.6 Å². The van der Waals surface area contributed by atoms with Gasteiger partial charge in [0.2, 0.25) is 0 Å². The van der Waals surface area contributed by atoms with E-state index in [0.717, 1.165) is 11.3 Å². The van der Waals surface area contributed by atoms with E-state index in [4.69, 9.17) is 32.4 Å². The molecule has 2 heterocycles. The van der Waals surface area contributed by atoms with Gasteiger partial charge in [0.05, 0.1) is 16.8 Å². The highest BCUT2D eigenvalue weighted by atomic mass is 79.9. The molecule has 2 aromatic heterocycles. The van der Waals surface area contributed by atoms with E-state index in [9.17, 15) is 13.2 Å². The van der Waals surface area contributed by atoms with Gasteiger partial charge in [-0.15, -0.1) is 11.3 Å². The van der Waals surface area contributed by atoms with Gasteiger partial charge in [0.15, 0.2) is 0 Å². The third-order valence-corrected chi connectivity index (χ3v) is 8.23. The zero-order chi connectivity index (χ0) is 19.1. The van der Waals surface area contributed by atoms with Crippen molar-refractivity contribution < 1.29 is 17.6 Å². The van der Waals surface area contributed by atoms with Crippen LogP contribution in [-0.2, 0) is 21.4 Å². The normalized spacial score (nSPS) is 11.8. The molecule has 0 amide bonds. The van der Waals surface area contributed by atoms with E-state index in [0.29, 0.717) is 10.9 Å². The molecular formula is C15H10BrCl2NO5S2. The molecule has 0 saturated heterocycles. The molecule has 0 spiro atoms. The predicted octanol–water partition coefficient (Wildman–Crippen LogP) is 4.87. The second kappa shape index (κ2) is 7.49. The highest BCUT2D eigenvalue weighted by Gasteiger charge is 2.26. The molecule has 0 aliphatic carbocycles. The second-order valence-corrected chi connectivity index (χ2v) is 9.77. The Balaban J connectivity index is 2.05. The molecule has 6 nitrogen and oxygen atoms in total. The fourth-order valence-electron chi connectivity index (χ4n) is 2.34. The molecule has 3 aromatic rings. The second-order valence-electron chi connectivity index (χ2n) is 5.13. The van der Waals surface area contributed by atoms with Crippen LogP contribution >= 0.6 is 50.5 Å². The van der Waals surface area contributed by atoms with Crippen LogP contribution in [0.5, 0.6) is 0 Å². The molecule has 1 aromatic carbocycles. The highest BCUT2D eigenvalue weighted by Crippen LogP contribution is 2.43. The van der Waals surface area contributed by atoms with Crippen LogP contribution in [0.4, 0.5) is 5.69 Å². The van der Waals surface area contributed by atoms with Crippen LogP contribution in [0.15, 0.2) is 42.8 Å². The lowest BCUT2D eigenvalue weighted by Crippen LogP contribution is -2.13. The van der Waals surface area contributed by atoms with Gasteiger partial charge in [-0.2, -0.15) is 0 Å². The van der Waals surface area contributed by atoms with Gasteiger partial charge in [0.1, 0.15) is 19.2 Å². The van der Waals surface area contributed by atoms with E-state index in [-0.39, 0.29) is 35.9 Å². The Morgan fingerprint density at radius 2 is 2.00 bits per heavy atom. The molecular weight excluding hydrogens is 489 g/mol. The molecule has 0 atom stereocenters. The molecule has 138 valence electrons. The smallest absolute Gasteiger partial charge is 0.336 e. The monoisotopic (exact) mass is 497 g/mol. The third-order valence-electron chi connectivity index (χ3n) is 3.38. The summed E-state index contributed by atoms with van der Waals surface area (Å²) in [7, 11) is -2.49. The van der Waals surface area contributed by atoms with Gasteiger partial charge in [0.25, 0.3) is 10.0 Å². The molecule has 0 saturated carbocycles. The molecule has 0 bridgehead atoms. The number of fused-ring (bicyclic) bond motifs is 1. The number of ether oxygens (including phenoxy) is 1. The van der Waals surface area contributed by atoms with Gasteiger partial charge in [-0.1, -0.05) is 23.2 Å². The van der Waals surface area contributed by atoms with Gasteiger partial charge in [-0.25, -0.2) is 13.2 Å². The number of hydrogen-bond donors (Lipinski definition) is 1. The molecule has 0 unspecified atom stereocenters. The van der Waals surface area contributed by atoms with E-state index in [2.05, 4.69) is 20.7 Å². The number of halogens is 3. The fourth-order valence-corrected chi connectivity index (χ4v) is 6.95. The first-order valence-electron chi connectivity index (χ1n) is 6.95. The number of methoxy groups -OCH3 is 1. The van der Waals surface area contributed by atoms with E-state index in [1.807, 2.05) is 0 Å². The average molecular weight is 499 g/mol. The van der Waals surface area contributed by atoms with Crippen LogP contribution in [0.1, 0.15) is 5.56 Å². The van der Waals surface area contributed by atoms with Crippen molar-refractivity contribution in [1.82, 2.24) is 0 Å². The predicted molar refractivity (Wildman–Crippen MR) is 106 cm³/mol. The summed E-state index contributed by atoms with van der Waals surface area (Å²) in [5, 5.41) is 0.646. The van der Waals surface area contributed by atoms with E-state index < -0.39 is 15.6 Å². The Morgan fingerprint density at radius 1 is 1.27 bits per heavy atom. The van der Waals surface area contributed by atoms with Crippen LogP contribution < -0.4 is 10.3 Å². The first-order valence-corrected chi connectivity index (χ1v) is 10.8. The molecule has 3 rings (SSSR count). The molecule has 11 heteroatoms. The van der Waals surface area contributed by atoms with Crippen molar-refractivity contribution in [2.75, 3.05) is 11.8 Å². The number of anilines is 1. The van der Waals surface area contributed by atoms with Crippen LogP contribution in [0.2, 0.25) is 8.67 Å². The van der Waals surface area contributed by atoms with Gasteiger partial charge in [-0.05, 0) is 33.6 Å². The van der Waals surface area contributed by atoms with E-state index in [1.54, 1.807) is 12.1 Å². The Hall–Kier alpha value is -1.10. The number of nitrogens with one attached hydrogen (secondary N) is 1. The van der Waals surface area contributed by atoms with Gasteiger partial charge in [0, 0.05) is 24.6 Å². The lowest BCUT2D eigenvalue weighted by atomic mass is 10.1. The van der Waals surface area contributed by atoms with Gasteiger partial charge >= 0.3 is 5.63 Å². The number of sulfonamides is 1. The summed E-state index contributed by atoms with van der Waals surface area (Å²) in [6.07, 6.45) is 0. The number of benzene rings is 1. The standard InChI is InChI=1S/C15H10BrCl2NO5S2/c1-23-6-7-4-11(20)24-10-5-8(2-3-9(7)10)19-26(21,22)13-12(16)14(17)25-15(13)18/h2-5,19H,6H2,1H3. The zero-order valence-corrected chi connectivity index (χ0v) is 17.7. The first-order chi connectivity index (χ1) is 12.2. The lowest BCUT2D eigenvalue weighted by Gasteiger charge is -2.10. The van der Waals surface area contributed by atoms with Crippen LogP contribution in [0, 0.1) is 0 Å². The van der Waals surface area contributed by atoms with Crippen molar-refractivity contribution >= 4 is 77.1 Å². The maximum atomic E-state index is 12.6. The summed E-state index contributed by atoms with van der Waals surface area (Å²) >= 11 is 16.0. The minimum atomic E-state index is -4.00. The van der Waals surface area contributed by atoms with E-state index >= 15 is 0 Å². The summed E-state index contributed by atoms with van der Waals surface area (Å²) < 4.78 is 38.4. The first kappa shape index (κ1) is 19.7. The fraction of sp³-hybridized carbons (Fsp3) is 0.133. The summed E-state index contributed by atoms with van der Waals surface area (Å²) in [6, 6.07) is 5.94. The summed E-state index contributed by atoms with van der Waals surface area (Å²) in [5.74, 6) is 0. The molecule has 26 heavy (non-hydrogen) atoms. The van der Waals surface area contributed by atoms with Crippen LogP contribution in [0.25, 0.3) is 11.0 Å². The quantitative estimate of drug-likeness (QED) is 0.507. The van der Waals surface area contributed by atoms with Crippen molar-refractivity contribution in [2.45, 2.75) is 11.5 Å². The third kappa shape index (κ3) is 3.78. The van der Waals surface area contributed by atoms with Crippen LogP contribution in [-0.4, -0.2) is 15.5 Å². The highest BCUT2D eigenvalue weighted by molar-refractivity contribution is 9.10. The van der Waals surface area contributed by atoms with Crippen molar-refractivity contribution in [3.63, 3.8) is 0 Å². The molecule has 0 aliphatic heterocycles. The number of hydrogen-bond acceptors (Lipinski definition) is 6. The van der Waals surface area contributed by atoms with Crippen molar-refractivity contribution in [3.05, 3.63) is 53.4 Å². The van der Waals surface area contributed by atoms with Crippen molar-refractivity contribution in [3.8, 4) is 0 Å². The molecule has 0 aliphatic rings. The Labute approximate surface area is 170 Å². The van der Waals surface area contributed by atoms with Gasteiger partial charge in [-0.3, -0.25) is 4.72 Å². The zero-order valence-electron chi connectivity index (χ0n) is 13.0. The van der Waals surface area contributed by atoms with Crippen molar-refractivity contribution in [1.29, 1.82) is 0 Å². The number of rotatable bonds is 5. The summed E-state index contributed by atoms with van der Waals surface area (Å²) in [6.45, 7) is 0.225. The lowest BCUT2D eigenvalue weighted by molar-refractivity contribution is 0.185. The van der Waals surface area contributed by atoms with Gasteiger partial charge < -0.3 is 9.15 Å². The minimum Gasteiger partial charge on any atom is -0.423 e. The Bertz CT molecular complexity index is 1160. The number of thiophene rings is 1. The summed E-state index contributed by atoms with van der Waals surface area (Å²) in [5.41, 5.74) is 0.530. The Kier molecular flexibility index (Phi) is 5.66. The van der Waals surface area contributed by atoms with E-state index in [1.165, 1.54) is 19.2 Å². The maximum Gasteiger partial charge on any atom is 0.336 e. The SMILES string of the molecule is COCc1cc(=O)oc2cc(NS(=O)(=O)c3c(Cl)sc(Cl)c3Br)ccc12.